The Kier molecular flexibility index (Phi) is 5.93. The fourth-order valence-electron chi connectivity index (χ4n) is 1.25. The van der Waals surface area contributed by atoms with E-state index in [-0.39, 0.29) is 5.75 Å². The molecule has 0 radical (unpaired) electrons. The fraction of sp³-hybridized carbons (Fsp3) is 0.400. The zero-order valence-corrected chi connectivity index (χ0v) is 10.7. The summed E-state index contributed by atoms with van der Waals surface area (Å²) in [6.45, 7) is 0.740. The number of nitrogens with one attached hydrogen (secondary N) is 1. The van der Waals surface area contributed by atoms with Gasteiger partial charge in [-0.2, -0.15) is 8.42 Å². The summed E-state index contributed by atoms with van der Waals surface area (Å²) in [5.74, 6) is 0.236. The molecule has 0 saturated heterocycles. The Bertz CT molecular complexity index is 421. The maximum atomic E-state index is 10.4. The Morgan fingerprint density at radius 1 is 1.29 bits per heavy atom. The Morgan fingerprint density at radius 3 is 2.53 bits per heavy atom. The number of aliphatic hydroxyl groups is 1. The van der Waals surface area contributed by atoms with Gasteiger partial charge in [0.15, 0.2) is 0 Å². The number of hydrogen-bond donors (Lipinski definition) is 3. The first-order chi connectivity index (χ1) is 7.99. The van der Waals surface area contributed by atoms with Gasteiger partial charge in [0.2, 0.25) is 0 Å². The molecule has 0 aliphatic carbocycles. The van der Waals surface area contributed by atoms with Crippen molar-refractivity contribution in [2.24, 2.45) is 0 Å². The third-order valence-corrected chi connectivity index (χ3v) is 4.10. The molecule has 0 saturated carbocycles. The standard InChI is InChI=1S/C10H15NO4S2/c12-10(9-4-2-1-3-5-9)8-11-6-7-16-17(13,14)15/h1-5,10-12H,6-8H2,(H,13,14,15). The summed E-state index contributed by atoms with van der Waals surface area (Å²) in [4.78, 5) is 0. The van der Waals surface area contributed by atoms with Crippen molar-refractivity contribution >= 4 is 19.9 Å². The zero-order valence-electron chi connectivity index (χ0n) is 9.11. The molecule has 1 atom stereocenters. The van der Waals surface area contributed by atoms with Crippen LogP contribution in [0, 0.1) is 0 Å². The van der Waals surface area contributed by atoms with Gasteiger partial charge in [-0.25, -0.2) is 0 Å². The van der Waals surface area contributed by atoms with Crippen LogP contribution in [0.25, 0.3) is 0 Å². The molecule has 5 nitrogen and oxygen atoms in total. The minimum atomic E-state index is -3.96. The van der Waals surface area contributed by atoms with Crippen molar-refractivity contribution in [2.75, 3.05) is 18.8 Å². The molecule has 17 heavy (non-hydrogen) atoms. The second-order valence-corrected chi connectivity index (χ2v) is 6.85. The van der Waals surface area contributed by atoms with E-state index in [4.69, 9.17) is 4.55 Å². The van der Waals surface area contributed by atoms with Crippen molar-refractivity contribution in [3.63, 3.8) is 0 Å². The normalized spacial score (nSPS) is 13.5. The molecule has 0 bridgehead atoms. The SMILES string of the molecule is O=S(=O)(O)SCCNCC(O)c1ccccc1. The van der Waals surface area contributed by atoms with Crippen molar-refractivity contribution < 1.29 is 18.1 Å². The van der Waals surface area contributed by atoms with Crippen molar-refractivity contribution in [3.05, 3.63) is 35.9 Å². The van der Waals surface area contributed by atoms with Crippen LogP contribution in [0.15, 0.2) is 30.3 Å². The molecule has 0 fully saturated rings. The smallest absolute Gasteiger partial charge is 0.319 e. The van der Waals surface area contributed by atoms with Crippen LogP contribution in [0.5, 0.6) is 0 Å². The molecule has 0 amide bonds. The summed E-state index contributed by atoms with van der Waals surface area (Å²) in [7, 11) is -3.50. The lowest BCUT2D eigenvalue weighted by Crippen LogP contribution is -2.24. The van der Waals surface area contributed by atoms with Crippen LogP contribution in [-0.4, -0.2) is 36.9 Å². The van der Waals surface area contributed by atoms with E-state index < -0.39 is 15.3 Å². The Balaban J connectivity index is 2.19. The average Bonchev–Trinajstić information content (AvgIpc) is 2.28. The highest BCUT2D eigenvalue weighted by atomic mass is 33.1. The minimum absolute atomic E-state index is 0.236. The highest BCUT2D eigenvalue weighted by molar-refractivity contribution is 8.69. The molecule has 1 rings (SSSR count). The quantitative estimate of drug-likeness (QED) is 0.389. The van der Waals surface area contributed by atoms with E-state index in [0.717, 1.165) is 5.56 Å². The van der Waals surface area contributed by atoms with E-state index >= 15 is 0 Å². The van der Waals surface area contributed by atoms with Crippen LogP contribution in [0.1, 0.15) is 11.7 Å². The van der Waals surface area contributed by atoms with Crippen LogP contribution in [0.2, 0.25) is 0 Å². The highest BCUT2D eigenvalue weighted by Gasteiger charge is 2.07. The third kappa shape index (κ3) is 6.64. The lowest BCUT2D eigenvalue weighted by molar-refractivity contribution is 0.176. The van der Waals surface area contributed by atoms with Gasteiger partial charge in [0, 0.05) is 18.8 Å². The highest BCUT2D eigenvalue weighted by Crippen LogP contribution is 2.11. The summed E-state index contributed by atoms with van der Waals surface area (Å²) >= 11 is 0. The first-order valence-electron chi connectivity index (χ1n) is 5.04. The van der Waals surface area contributed by atoms with Crippen molar-refractivity contribution in [1.29, 1.82) is 0 Å². The second-order valence-electron chi connectivity index (χ2n) is 3.38. The van der Waals surface area contributed by atoms with Crippen molar-refractivity contribution in [1.82, 2.24) is 5.32 Å². The lowest BCUT2D eigenvalue weighted by atomic mass is 10.1. The molecule has 1 unspecified atom stereocenters. The minimum Gasteiger partial charge on any atom is -0.387 e. The van der Waals surface area contributed by atoms with Gasteiger partial charge in [-0.15, -0.1) is 0 Å². The van der Waals surface area contributed by atoms with Crippen LogP contribution in [0.4, 0.5) is 0 Å². The van der Waals surface area contributed by atoms with E-state index in [1.807, 2.05) is 30.3 Å². The Labute approximate surface area is 104 Å². The average molecular weight is 277 g/mol. The van der Waals surface area contributed by atoms with Gasteiger partial charge in [-0.3, -0.25) is 4.55 Å². The molecular weight excluding hydrogens is 262 g/mol. The molecule has 0 heterocycles. The summed E-state index contributed by atoms with van der Waals surface area (Å²) in [5.41, 5.74) is 0.808. The number of rotatable bonds is 7. The van der Waals surface area contributed by atoms with E-state index in [1.54, 1.807) is 0 Å². The molecular formula is C10H15NO4S2. The van der Waals surface area contributed by atoms with Crippen LogP contribution in [0.3, 0.4) is 0 Å². The molecule has 0 spiro atoms. The lowest BCUT2D eigenvalue weighted by Gasteiger charge is -2.11. The molecule has 0 aliphatic rings. The van der Waals surface area contributed by atoms with Crippen LogP contribution < -0.4 is 5.32 Å². The summed E-state index contributed by atoms with van der Waals surface area (Å²) in [6, 6.07) is 9.18. The largest absolute Gasteiger partial charge is 0.387 e. The van der Waals surface area contributed by atoms with Gasteiger partial charge >= 0.3 is 9.15 Å². The predicted molar refractivity (Wildman–Crippen MR) is 68.3 cm³/mol. The van der Waals surface area contributed by atoms with E-state index in [1.165, 1.54) is 0 Å². The van der Waals surface area contributed by atoms with Gasteiger partial charge in [0.1, 0.15) is 0 Å². The number of aliphatic hydroxyl groups excluding tert-OH is 1. The predicted octanol–water partition coefficient (Wildman–Crippen LogP) is 0.846. The number of benzene rings is 1. The third-order valence-electron chi connectivity index (χ3n) is 2.03. The van der Waals surface area contributed by atoms with Gasteiger partial charge in [0.05, 0.1) is 6.10 Å². The molecule has 1 aromatic rings. The van der Waals surface area contributed by atoms with E-state index in [9.17, 15) is 13.5 Å². The summed E-state index contributed by atoms with van der Waals surface area (Å²) in [5, 5.41) is 12.7. The molecule has 7 heteroatoms. The summed E-state index contributed by atoms with van der Waals surface area (Å²) < 4.78 is 29.2. The molecule has 1 aromatic carbocycles. The van der Waals surface area contributed by atoms with Crippen molar-refractivity contribution in [3.8, 4) is 0 Å². The van der Waals surface area contributed by atoms with Gasteiger partial charge in [-0.05, 0) is 16.4 Å². The Hall–Kier alpha value is -0.600. The monoisotopic (exact) mass is 277 g/mol. The zero-order chi connectivity index (χ0) is 12.7. The molecule has 0 aliphatic heterocycles. The van der Waals surface area contributed by atoms with E-state index in [0.29, 0.717) is 23.9 Å². The fourth-order valence-corrected chi connectivity index (χ4v) is 2.57. The Morgan fingerprint density at radius 2 is 1.94 bits per heavy atom. The van der Waals surface area contributed by atoms with Crippen molar-refractivity contribution in [2.45, 2.75) is 6.10 Å². The number of hydrogen-bond acceptors (Lipinski definition) is 5. The molecule has 96 valence electrons. The first-order valence-corrected chi connectivity index (χ1v) is 7.99. The van der Waals surface area contributed by atoms with Gasteiger partial charge in [0.25, 0.3) is 0 Å². The first kappa shape index (κ1) is 14.5. The van der Waals surface area contributed by atoms with Gasteiger partial charge < -0.3 is 10.4 Å². The van der Waals surface area contributed by atoms with Crippen LogP contribution in [-0.2, 0) is 9.15 Å². The summed E-state index contributed by atoms with van der Waals surface area (Å²) in [6.07, 6.45) is -0.619. The van der Waals surface area contributed by atoms with Crippen LogP contribution >= 0.6 is 10.8 Å². The topological polar surface area (TPSA) is 86.6 Å². The van der Waals surface area contributed by atoms with E-state index in [2.05, 4.69) is 5.32 Å². The second kappa shape index (κ2) is 6.97. The maximum absolute atomic E-state index is 10.4. The maximum Gasteiger partial charge on any atom is 0.319 e. The molecule has 3 N–H and O–H groups in total. The van der Waals surface area contributed by atoms with Gasteiger partial charge in [-0.1, -0.05) is 30.3 Å². The molecule has 0 aromatic heterocycles.